The Bertz CT molecular complexity index is 198. The van der Waals surface area contributed by atoms with Crippen LogP contribution >= 0.6 is 0 Å². The van der Waals surface area contributed by atoms with Crippen LogP contribution in [0.4, 0.5) is 0 Å². The summed E-state index contributed by atoms with van der Waals surface area (Å²) in [5, 5.41) is 2.91. The van der Waals surface area contributed by atoms with Gasteiger partial charge in [-0.15, -0.1) is 0 Å². The van der Waals surface area contributed by atoms with Crippen molar-refractivity contribution in [3.8, 4) is 0 Å². The highest BCUT2D eigenvalue weighted by molar-refractivity contribution is 5.80. The third-order valence-electron chi connectivity index (χ3n) is 2.24. The lowest BCUT2D eigenvalue weighted by molar-refractivity contribution is -0.153. The third kappa shape index (κ3) is 5.44. The number of carbonyl (C=O) groups is 1. The maximum atomic E-state index is 11.6. The molecule has 0 amide bonds. The quantitative estimate of drug-likeness (QED) is 0.466. The number of nitrogens with one attached hydrogen (secondary N) is 1. The van der Waals surface area contributed by atoms with Crippen molar-refractivity contribution in [2.45, 2.75) is 26.3 Å². The van der Waals surface area contributed by atoms with Gasteiger partial charge in [-0.1, -0.05) is 0 Å². The van der Waals surface area contributed by atoms with Gasteiger partial charge >= 0.3 is 5.97 Å². The van der Waals surface area contributed by atoms with Gasteiger partial charge in [-0.25, -0.2) is 4.79 Å². The van der Waals surface area contributed by atoms with Crippen LogP contribution in [0.25, 0.3) is 0 Å². The van der Waals surface area contributed by atoms with E-state index in [0.717, 1.165) is 0 Å². The van der Waals surface area contributed by atoms with Crippen LogP contribution < -0.4 is 5.32 Å². The number of hydrogen-bond donors (Lipinski definition) is 1. The molecule has 5 heteroatoms. The van der Waals surface area contributed by atoms with Crippen LogP contribution in [-0.2, 0) is 19.0 Å². The van der Waals surface area contributed by atoms with Gasteiger partial charge in [-0.3, -0.25) is 0 Å². The van der Waals surface area contributed by atoms with Crippen molar-refractivity contribution >= 4 is 5.97 Å². The standard InChI is InChI=1S/C11H23NO4/c1-5-14-7-8-15-9-11(3,12-4)10(13)16-6-2/h12H,5-9H2,1-4H3. The van der Waals surface area contributed by atoms with Gasteiger partial charge in [0.1, 0.15) is 5.54 Å². The van der Waals surface area contributed by atoms with Crippen molar-refractivity contribution in [3.63, 3.8) is 0 Å². The molecule has 0 aromatic carbocycles. The van der Waals surface area contributed by atoms with E-state index in [1.54, 1.807) is 20.9 Å². The second-order valence-corrected chi connectivity index (χ2v) is 3.55. The molecule has 0 rings (SSSR count). The van der Waals surface area contributed by atoms with E-state index in [1.165, 1.54) is 0 Å². The lowest BCUT2D eigenvalue weighted by atomic mass is 10.1. The van der Waals surface area contributed by atoms with Crippen LogP contribution in [0.1, 0.15) is 20.8 Å². The topological polar surface area (TPSA) is 56.8 Å². The molecule has 0 fully saturated rings. The zero-order valence-corrected chi connectivity index (χ0v) is 10.7. The number of likely N-dealkylation sites (N-methyl/N-ethyl adjacent to an activating group) is 1. The van der Waals surface area contributed by atoms with E-state index in [0.29, 0.717) is 26.4 Å². The molecule has 0 aliphatic heterocycles. The van der Waals surface area contributed by atoms with Gasteiger partial charge in [-0.05, 0) is 27.8 Å². The summed E-state index contributed by atoms with van der Waals surface area (Å²) in [4.78, 5) is 11.6. The zero-order chi connectivity index (χ0) is 12.4. The fourth-order valence-electron chi connectivity index (χ4n) is 1.06. The summed E-state index contributed by atoms with van der Waals surface area (Å²) in [7, 11) is 1.71. The van der Waals surface area contributed by atoms with Crippen LogP contribution in [0, 0.1) is 0 Å². The van der Waals surface area contributed by atoms with Gasteiger partial charge < -0.3 is 19.5 Å². The Morgan fingerprint density at radius 3 is 2.31 bits per heavy atom. The Labute approximate surface area is 97.4 Å². The Kier molecular flexibility index (Phi) is 8.15. The SMILES string of the molecule is CCOCCOCC(C)(NC)C(=O)OCC. The molecule has 0 aromatic heterocycles. The molecule has 0 radical (unpaired) electrons. The van der Waals surface area contributed by atoms with E-state index in [4.69, 9.17) is 14.2 Å². The van der Waals surface area contributed by atoms with Crippen molar-refractivity contribution in [2.24, 2.45) is 0 Å². The van der Waals surface area contributed by atoms with Gasteiger partial charge in [0.15, 0.2) is 0 Å². The molecule has 0 saturated heterocycles. The Morgan fingerprint density at radius 2 is 1.81 bits per heavy atom. The zero-order valence-electron chi connectivity index (χ0n) is 10.7. The van der Waals surface area contributed by atoms with E-state index in [1.807, 2.05) is 6.92 Å². The Balaban J connectivity index is 3.92. The molecule has 0 aliphatic carbocycles. The molecule has 1 atom stereocenters. The first-order valence-electron chi connectivity index (χ1n) is 5.62. The lowest BCUT2D eigenvalue weighted by Gasteiger charge is -2.26. The average Bonchev–Trinajstić information content (AvgIpc) is 2.28. The van der Waals surface area contributed by atoms with Gasteiger partial charge in [0, 0.05) is 6.61 Å². The highest BCUT2D eigenvalue weighted by atomic mass is 16.5. The number of esters is 1. The van der Waals surface area contributed by atoms with Crippen LogP contribution in [0.5, 0.6) is 0 Å². The second-order valence-electron chi connectivity index (χ2n) is 3.55. The summed E-state index contributed by atoms with van der Waals surface area (Å²) in [5.41, 5.74) is -0.789. The van der Waals surface area contributed by atoms with E-state index < -0.39 is 5.54 Å². The van der Waals surface area contributed by atoms with Crippen LogP contribution in [0.2, 0.25) is 0 Å². The molecule has 1 unspecified atom stereocenters. The van der Waals surface area contributed by atoms with Crippen LogP contribution in [0.15, 0.2) is 0 Å². The van der Waals surface area contributed by atoms with Crippen LogP contribution in [-0.4, -0.2) is 51.6 Å². The predicted octanol–water partition coefficient (Wildman–Crippen LogP) is 0.581. The largest absolute Gasteiger partial charge is 0.465 e. The van der Waals surface area contributed by atoms with Gasteiger partial charge in [0.25, 0.3) is 0 Å². The summed E-state index contributed by atoms with van der Waals surface area (Å²) < 4.78 is 15.5. The minimum atomic E-state index is -0.789. The van der Waals surface area contributed by atoms with Gasteiger partial charge in [0.2, 0.25) is 0 Å². The summed E-state index contributed by atoms with van der Waals surface area (Å²) in [5.74, 6) is -0.297. The summed E-state index contributed by atoms with van der Waals surface area (Å²) in [6, 6.07) is 0. The van der Waals surface area contributed by atoms with Gasteiger partial charge in [0.05, 0.1) is 26.4 Å². The van der Waals surface area contributed by atoms with E-state index in [9.17, 15) is 4.79 Å². The first kappa shape index (κ1) is 15.3. The van der Waals surface area contributed by atoms with Crippen molar-refractivity contribution in [3.05, 3.63) is 0 Å². The molecule has 0 saturated carbocycles. The lowest BCUT2D eigenvalue weighted by Crippen LogP contribution is -2.52. The molecular formula is C11H23NO4. The van der Waals surface area contributed by atoms with Gasteiger partial charge in [-0.2, -0.15) is 0 Å². The monoisotopic (exact) mass is 233 g/mol. The van der Waals surface area contributed by atoms with Crippen molar-refractivity contribution in [1.29, 1.82) is 0 Å². The smallest absolute Gasteiger partial charge is 0.328 e. The van der Waals surface area contributed by atoms with Crippen molar-refractivity contribution in [2.75, 3.05) is 40.1 Å². The van der Waals surface area contributed by atoms with Crippen LogP contribution in [0.3, 0.4) is 0 Å². The fraction of sp³-hybridized carbons (Fsp3) is 0.909. The van der Waals surface area contributed by atoms with E-state index in [2.05, 4.69) is 5.32 Å². The molecule has 0 bridgehead atoms. The highest BCUT2D eigenvalue weighted by Crippen LogP contribution is 2.06. The normalized spacial score (nSPS) is 14.5. The second kappa shape index (κ2) is 8.50. The minimum absolute atomic E-state index is 0.273. The molecule has 16 heavy (non-hydrogen) atoms. The first-order valence-corrected chi connectivity index (χ1v) is 5.62. The molecule has 0 spiro atoms. The number of ether oxygens (including phenoxy) is 3. The summed E-state index contributed by atoms with van der Waals surface area (Å²) in [6.45, 7) is 7.80. The summed E-state index contributed by atoms with van der Waals surface area (Å²) >= 11 is 0. The fourth-order valence-corrected chi connectivity index (χ4v) is 1.06. The van der Waals surface area contributed by atoms with E-state index >= 15 is 0 Å². The molecule has 0 aliphatic rings. The number of carbonyl (C=O) groups excluding carboxylic acids is 1. The number of rotatable bonds is 9. The molecular weight excluding hydrogens is 210 g/mol. The molecule has 0 heterocycles. The molecule has 96 valence electrons. The van der Waals surface area contributed by atoms with Crippen molar-refractivity contribution in [1.82, 2.24) is 5.32 Å². The molecule has 5 nitrogen and oxygen atoms in total. The Hall–Kier alpha value is -0.650. The highest BCUT2D eigenvalue weighted by Gasteiger charge is 2.33. The minimum Gasteiger partial charge on any atom is -0.465 e. The Morgan fingerprint density at radius 1 is 1.19 bits per heavy atom. The van der Waals surface area contributed by atoms with Crippen molar-refractivity contribution < 1.29 is 19.0 Å². The average molecular weight is 233 g/mol. The molecule has 0 aromatic rings. The maximum absolute atomic E-state index is 11.6. The number of hydrogen-bond acceptors (Lipinski definition) is 5. The maximum Gasteiger partial charge on any atom is 0.328 e. The summed E-state index contributed by atoms with van der Waals surface area (Å²) in [6.07, 6.45) is 0. The first-order chi connectivity index (χ1) is 7.60. The van der Waals surface area contributed by atoms with E-state index in [-0.39, 0.29) is 12.6 Å². The molecule has 1 N–H and O–H groups in total. The predicted molar refractivity (Wildman–Crippen MR) is 61.4 cm³/mol. The third-order valence-corrected chi connectivity index (χ3v) is 2.24.